The maximum atomic E-state index is 11.5. The summed E-state index contributed by atoms with van der Waals surface area (Å²) < 4.78 is 0. The molecule has 0 spiro atoms. The van der Waals surface area contributed by atoms with E-state index in [9.17, 15) is 9.59 Å². The predicted octanol–water partition coefficient (Wildman–Crippen LogP) is -0.169. The first-order chi connectivity index (χ1) is 7.20. The van der Waals surface area contributed by atoms with E-state index in [1.54, 1.807) is 0 Å². The van der Waals surface area contributed by atoms with Crippen LogP contribution in [-0.4, -0.2) is 28.0 Å². The van der Waals surface area contributed by atoms with Gasteiger partial charge in [-0.15, -0.1) is 0 Å². The van der Waals surface area contributed by atoms with Gasteiger partial charge in [0.1, 0.15) is 0 Å². The van der Waals surface area contributed by atoms with E-state index in [2.05, 4.69) is 21.8 Å². The SMILES string of the molecule is CCCN1CCc2[nH]c(=O)[nH]c(=O)c2C1. The third-order valence-electron chi connectivity index (χ3n) is 2.73. The molecule has 1 aliphatic heterocycles. The first kappa shape index (κ1) is 10.2. The fraction of sp³-hybridized carbons (Fsp3) is 0.600. The molecule has 5 nitrogen and oxygen atoms in total. The summed E-state index contributed by atoms with van der Waals surface area (Å²) >= 11 is 0. The van der Waals surface area contributed by atoms with E-state index in [-0.39, 0.29) is 5.56 Å². The molecule has 1 aromatic heterocycles. The first-order valence-corrected chi connectivity index (χ1v) is 5.27. The molecule has 0 aliphatic carbocycles. The number of nitrogens with one attached hydrogen (secondary N) is 2. The highest BCUT2D eigenvalue weighted by Crippen LogP contribution is 2.11. The van der Waals surface area contributed by atoms with Crippen LogP contribution >= 0.6 is 0 Å². The Morgan fingerprint density at radius 1 is 1.33 bits per heavy atom. The van der Waals surface area contributed by atoms with E-state index in [1.165, 1.54) is 0 Å². The Hall–Kier alpha value is -1.36. The molecule has 0 radical (unpaired) electrons. The summed E-state index contributed by atoms with van der Waals surface area (Å²) in [5.41, 5.74) is 0.877. The number of H-pyrrole nitrogens is 2. The van der Waals surface area contributed by atoms with Gasteiger partial charge in [-0.3, -0.25) is 14.7 Å². The molecule has 82 valence electrons. The molecule has 2 rings (SSSR count). The molecule has 5 heteroatoms. The lowest BCUT2D eigenvalue weighted by Crippen LogP contribution is -2.38. The fourth-order valence-electron chi connectivity index (χ4n) is 2.02. The molecule has 0 bridgehead atoms. The zero-order valence-corrected chi connectivity index (χ0v) is 8.80. The van der Waals surface area contributed by atoms with Crippen LogP contribution in [0.2, 0.25) is 0 Å². The molecule has 2 N–H and O–H groups in total. The molecule has 15 heavy (non-hydrogen) atoms. The summed E-state index contributed by atoms with van der Waals surface area (Å²) in [6, 6.07) is 0. The Kier molecular flexibility index (Phi) is 2.73. The molecule has 0 atom stereocenters. The Bertz CT molecular complexity index is 460. The second-order valence-corrected chi connectivity index (χ2v) is 3.89. The van der Waals surface area contributed by atoms with Crippen LogP contribution in [0, 0.1) is 0 Å². The van der Waals surface area contributed by atoms with Crippen LogP contribution in [0.3, 0.4) is 0 Å². The molecule has 0 aromatic carbocycles. The number of rotatable bonds is 2. The Morgan fingerprint density at radius 3 is 2.87 bits per heavy atom. The van der Waals surface area contributed by atoms with Crippen LogP contribution in [0.15, 0.2) is 9.59 Å². The first-order valence-electron chi connectivity index (χ1n) is 5.27. The van der Waals surface area contributed by atoms with Crippen LogP contribution in [0.5, 0.6) is 0 Å². The van der Waals surface area contributed by atoms with Crippen molar-refractivity contribution in [3.63, 3.8) is 0 Å². The van der Waals surface area contributed by atoms with Crippen LogP contribution in [-0.2, 0) is 13.0 Å². The highest BCUT2D eigenvalue weighted by atomic mass is 16.2. The second kappa shape index (κ2) is 4.02. The van der Waals surface area contributed by atoms with Gasteiger partial charge in [0.2, 0.25) is 0 Å². The van der Waals surface area contributed by atoms with Gasteiger partial charge in [-0.1, -0.05) is 6.92 Å². The van der Waals surface area contributed by atoms with Gasteiger partial charge >= 0.3 is 5.69 Å². The van der Waals surface area contributed by atoms with Gasteiger partial charge < -0.3 is 4.98 Å². The molecule has 0 fully saturated rings. The minimum Gasteiger partial charge on any atom is -0.311 e. The molecule has 0 unspecified atom stereocenters. The topological polar surface area (TPSA) is 69.0 Å². The van der Waals surface area contributed by atoms with E-state index < -0.39 is 5.69 Å². The van der Waals surface area contributed by atoms with Crippen LogP contribution in [0.1, 0.15) is 24.6 Å². The van der Waals surface area contributed by atoms with Crippen LogP contribution in [0.25, 0.3) is 0 Å². The fourth-order valence-corrected chi connectivity index (χ4v) is 2.02. The van der Waals surface area contributed by atoms with Crippen LogP contribution in [0.4, 0.5) is 0 Å². The summed E-state index contributed by atoms with van der Waals surface area (Å²) in [6.45, 7) is 4.68. The van der Waals surface area contributed by atoms with Crippen molar-refractivity contribution >= 4 is 0 Å². The molecule has 1 aromatic rings. The number of hydrogen-bond acceptors (Lipinski definition) is 3. The van der Waals surface area contributed by atoms with Crippen molar-refractivity contribution in [2.75, 3.05) is 13.1 Å². The van der Waals surface area contributed by atoms with Crippen molar-refractivity contribution in [1.29, 1.82) is 0 Å². The van der Waals surface area contributed by atoms with E-state index in [4.69, 9.17) is 0 Å². The van der Waals surface area contributed by atoms with E-state index in [0.29, 0.717) is 12.1 Å². The molecular formula is C10H15N3O2. The predicted molar refractivity (Wildman–Crippen MR) is 57.0 cm³/mol. The quantitative estimate of drug-likeness (QED) is 0.710. The highest BCUT2D eigenvalue weighted by Gasteiger charge is 2.18. The molecule has 2 heterocycles. The third-order valence-corrected chi connectivity index (χ3v) is 2.73. The summed E-state index contributed by atoms with van der Waals surface area (Å²) in [4.78, 5) is 29.8. The molecule has 0 saturated heterocycles. The summed E-state index contributed by atoms with van der Waals surface area (Å²) in [7, 11) is 0. The average Bonchev–Trinajstić information content (AvgIpc) is 2.19. The monoisotopic (exact) mass is 209 g/mol. The minimum absolute atomic E-state index is 0.241. The Labute approximate surface area is 87.1 Å². The van der Waals surface area contributed by atoms with Gasteiger partial charge in [0, 0.05) is 25.2 Å². The second-order valence-electron chi connectivity index (χ2n) is 3.89. The largest absolute Gasteiger partial charge is 0.325 e. The van der Waals surface area contributed by atoms with Crippen molar-refractivity contribution in [3.05, 3.63) is 32.1 Å². The van der Waals surface area contributed by atoms with Gasteiger partial charge in [-0.25, -0.2) is 4.79 Å². The van der Waals surface area contributed by atoms with Gasteiger partial charge in [0.25, 0.3) is 5.56 Å². The maximum absolute atomic E-state index is 11.5. The zero-order valence-electron chi connectivity index (χ0n) is 8.80. The smallest absolute Gasteiger partial charge is 0.311 e. The number of aromatic amines is 2. The number of fused-ring (bicyclic) bond motifs is 1. The lowest BCUT2D eigenvalue weighted by Gasteiger charge is -2.26. The number of aromatic nitrogens is 2. The van der Waals surface area contributed by atoms with Gasteiger partial charge in [-0.2, -0.15) is 0 Å². The highest BCUT2D eigenvalue weighted by molar-refractivity contribution is 5.18. The number of nitrogens with zero attached hydrogens (tertiary/aromatic N) is 1. The molecular weight excluding hydrogens is 194 g/mol. The average molecular weight is 209 g/mol. The van der Waals surface area contributed by atoms with Gasteiger partial charge in [-0.05, 0) is 13.0 Å². The number of hydrogen-bond donors (Lipinski definition) is 2. The standard InChI is InChI=1S/C10H15N3O2/c1-2-4-13-5-3-8-7(6-13)9(14)12-10(15)11-8/h2-6H2,1H3,(H2,11,12,14,15). The zero-order chi connectivity index (χ0) is 10.8. The normalized spacial score (nSPS) is 16.3. The molecule has 1 aliphatic rings. The van der Waals surface area contributed by atoms with E-state index >= 15 is 0 Å². The van der Waals surface area contributed by atoms with Gasteiger partial charge in [0.05, 0.1) is 5.56 Å². The van der Waals surface area contributed by atoms with Crippen molar-refractivity contribution in [1.82, 2.24) is 14.9 Å². The van der Waals surface area contributed by atoms with Crippen molar-refractivity contribution in [2.45, 2.75) is 26.3 Å². The lowest BCUT2D eigenvalue weighted by molar-refractivity contribution is 0.250. The Balaban J connectivity index is 2.33. The maximum Gasteiger partial charge on any atom is 0.325 e. The molecule has 0 amide bonds. The third kappa shape index (κ3) is 2.02. The minimum atomic E-state index is -0.400. The summed E-state index contributed by atoms with van der Waals surface area (Å²) in [5, 5.41) is 0. The Morgan fingerprint density at radius 2 is 2.13 bits per heavy atom. The van der Waals surface area contributed by atoms with E-state index in [0.717, 1.165) is 31.6 Å². The summed E-state index contributed by atoms with van der Waals surface area (Å²) in [6.07, 6.45) is 1.84. The van der Waals surface area contributed by atoms with Crippen LogP contribution < -0.4 is 11.2 Å². The summed E-state index contributed by atoms with van der Waals surface area (Å²) in [5.74, 6) is 0. The molecule has 0 saturated carbocycles. The van der Waals surface area contributed by atoms with Crippen molar-refractivity contribution in [2.24, 2.45) is 0 Å². The lowest BCUT2D eigenvalue weighted by atomic mass is 10.1. The van der Waals surface area contributed by atoms with Crippen molar-refractivity contribution < 1.29 is 0 Å². The van der Waals surface area contributed by atoms with Gasteiger partial charge in [0.15, 0.2) is 0 Å². The van der Waals surface area contributed by atoms with Crippen molar-refractivity contribution in [3.8, 4) is 0 Å². The van der Waals surface area contributed by atoms with E-state index in [1.807, 2.05) is 0 Å².